The zero-order chi connectivity index (χ0) is 11.3. The first-order valence-electron chi connectivity index (χ1n) is 4.40. The summed E-state index contributed by atoms with van der Waals surface area (Å²) in [6, 6.07) is 5.77. The molecule has 1 atom stereocenters. The maximum atomic E-state index is 11.4. The standard InChI is InChI=1S/C11H12O4/c1-3-14-8(2)15-11(13)9-4-6-10(12)7-5-9/h3-8,12H,1H2,2H3. The quantitative estimate of drug-likeness (QED) is 0.467. The van der Waals surface area contributed by atoms with Crippen LogP contribution in [0, 0.1) is 0 Å². The van der Waals surface area contributed by atoms with E-state index in [2.05, 4.69) is 6.58 Å². The van der Waals surface area contributed by atoms with Crippen molar-refractivity contribution in [2.45, 2.75) is 13.2 Å². The highest BCUT2D eigenvalue weighted by molar-refractivity contribution is 5.89. The molecule has 80 valence electrons. The second-order valence-corrected chi connectivity index (χ2v) is 2.82. The number of ether oxygens (including phenoxy) is 2. The topological polar surface area (TPSA) is 55.8 Å². The average molecular weight is 208 g/mol. The van der Waals surface area contributed by atoms with Gasteiger partial charge < -0.3 is 14.6 Å². The van der Waals surface area contributed by atoms with Crippen molar-refractivity contribution in [3.8, 4) is 5.75 Å². The number of esters is 1. The lowest BCUT2D eigenvalue weighted by molar-refractivity contribution is -0.0598. The number of hydrogen-bond acceptors (Lipinski definition) is 4. The molecule has 15 heavy (non-hydrogen) atoms. The Balaban J connectivity index is 2.61. The Morgan fingerprint density at radius 3 is 2.60 bits per heavy atom. The molecular formula is C11H12O4. The minimum absolute atomic E-state index is 0.0990. The Kier molecular flexibility index (Phi) is 3.74. The van der Waals surface area contributed by atoms with Crippen molar-refractivity contribution in [2.24, 2.45) is 0 Å². The third-order valence-electron chi connectivity index (χ3n) is 1.66. The minimum atomic E-state index is -0.677. The second-order valence-electron chi connectivity index (χ2n) is 2.82. The monoisotopic (exact) mass is 208 g/mol. The Labute approximate surface area is 87.7 Å². The fraction of sp³-hybridized carbons (Fsp3) is 0.182. The minimum Gasteiger partial charge on any atom is -0.508 e. The van der Waals surface area contributed by atoms with Crippen molar-refractivity contribution < 1.29 is 19.4 Å². The zero-order valence-corrected chi connectivity index (χ0v) is 8.34. The summed E-state index contributed by atoms with van der Waals surface area (Å²) in [4.78, 5) is 11.4. The summed E-state index contributed by atoms with van der Waals surface area (Å²) < 4.78 is 9.73. The predicted octanol–water partition coefficient (Wildman–Crippen LogP) is 2.06. The molecule has 0 amide bonds. The van der Waals surface area contributed by atoms with E-state index in [0.717, 1.165) is 0 Å². The lowest BCUT2D eigenvalue weighted by Gasteiger charge is -2.11. The highest BCUT2D eigenvalue weighted by atomic mass is 16.7. The summed E-state index contributed by atoms with van der Waals surface area (Å²) in [6.07, 6.45) is 0.526. The molecular weight excluding hydrogens is 196 g/mol. The first kappa shape index (κ1) is 11.1. The molecule has 0 radical (unpaired) electrons. The first-order chi connectivity index (χ1) is 7.13. The number of carbonyl (C=O) groups excluding carboxylic acids is 1. The van der Waals surface area contributed by atoms with Gasteiger partial charge in [0.05, 0.1) is 11.8 Å². The van der Waals surface area contributed by atoms with Gasteiger partial charge in [0.1, 0.15) is 5.75 Å². The largest absolute Gasteiger partial charge is 0.508 e. The van der Waals surface area contributed by atoms with Gasteiger partial charge >= 0.3 is 5.97 Å². The molecule has 0 bridgehead atoms. The fourth-order valence-corrected chi connectivity index (χ4v) is 0.980. The van der Waals surface area contributed by atoms with Crippen LogP contribution in [0.1, 0.15) is 17.3 Å². The van der Waals surface area contributed by atoms with Gasteiger partial charge in [-0.25, -0.2) is 4.79 Å². The van der Waals surface area contributed by atoms with E-state index in [1.54, 1.807) is 6.92 Å². The highest BCUT2D eigenvalue weighted by Gasteiger charge is 2.11. The van der Waals surface area contributed by atoms with Gasteiger partial charge in [0.25, 0.3) is 0 Å². The lowest BCUT2D eigenvalue weighted by Crippen LogP contribution is -2.15. The SMILES string of the molecule is C=COC(C)OC(=O)c1ccc(O)cc1. The Bertz CT molecular complexity index is 342. The molecule has 0 spiro atoms. The van der Waals surface area contributed by atoms with Crippen molar-refractivity contribution in [3.05, 3.63) is 42.7 Å². The molecule has 0 aromatic heterocycles. The summed E-state index contributed by atoms with van der Waals surface area (Å²) in [5.74, 6) is -0.411. The molecule has 0 saturated heterocycles. The second kappa shape index (κ2) is 5.05. The van der Waals surface area contributed by atoms with Crippen molar-refractivity contribution in [1.29, 1.82) is 0 Å². The van der Waals surface area contributed by atoms with Gasteiger partial charge in [-0.1, -0.05) is 6.58 Å². The highest BCUT2D eigenvalue weighted by Crippen LogP contribution is 2.11. The van der Waals surface area contributed by atoms with Crippen LogP contribution in [0.25, 0.3) is 0 Å². The van der Waals surface area contributed by atoms with Crippen LogP contribution in [0.2, 0.25) is 0 Å². The summed E-state index contributed by atoms with van der Waals surface area (Å²) in [5.41, 5.74) is 0.354. The summed E-state index contributed by atoms with van der Waals surface area (Å²) >= 11 is 0. The van der Waals surface area contributed by atoms with Crippen LogP contribution in [-0.2, 0) is 9.47 Å². The van der Waals surface area contributed by atoms with E-state index < -0.39 is 12.3 Å². The van der Waals surface area contributed by atoms with Gasteiger partial charge in [0, 0.05) is 6.92 Å². The normalized spacial score (nSPS) is 11.5. The number of carbonyl (C=O) groups is 1. The Hall–Kier alpha value is -1.97. The summed E-state index contributed by atoms with van der Waals surface area (Å²) in [6.45, 7) is 4.93. The Morgan fingerprint density at radius 1 is 1.47 bits per heavy atom. The van der Waals surface area contributed by atoms with Crippen LogP contribution < -0.4 is 0 Å². The molecule has 0 aliphatic rings. The number of aromatic hydroxyl groups is 1. The molecule has 1 N–H and O–H groups in total. The van der Waals surface area contributed by atoms with Crippen molar-refractivity contribution in [1.82, 2.24) is 0 Å². The third-order valence-corrected chi connectivity index (χ3v) is 1.66. The number of phenolic OH excluding ortho intramolecular Hbond substituents is 1. The van der Waals surface area contributed by atoms with Crippen LogP contribution >= 0.6 is 0 Å². The molecule has 4 nitrogen and oxygen atoms in total. The van der Waals surface area contributed by atoms with E-state index >= 15 is 0 Å². The van der Waals surface area contributed by atoms with Gasteiger partial charge in [-0.15, -0.1) is 0 Å². The van der Waals surface area contributed by atoms with Gasteiger partial charge in [0.2, 0.25) is 6.29 Å². The van der Waals surface area contributed by atoms with Crippen LogP contribution in [0.3, 0.4) is 0 Å². The molecule has 0 heterocycles. The summed E-state index contributed by atoms with van der Waals surface area (Å²) in [5, 5.41) is 9.01. The van der Waals surface area contributed by atoms with E-state index in [9.17, 15) is 4.79 Å². The van der Waals surface area contributed by atoms with Crippen molar-refractivity contribution in [3.63, 3.8) is 0 Å². The number of phenols is 1. The fourth-order valence-electron chi connectivity index (χ4n) is 0.980. The maximum absolute atomic E-state index is 11.4. The molecule has 1 unspecified atom stereocenters. The summed E-state index contributed by atoms with van der Waals surface area (Å²) in [7, 11) is 0. The number of hydrogen-bond donors (Lipinski definition) is 1. The lowest BCUT2D eigenvalue weighted by atomic mass is 10.2. The average Bonchev–Trinajstić information content (AvgIpc) is 2.18. The Morgan fingerprint density at radius 2 is 2.07 bits per heavy atom. The van der Waals surface area contributed by atoms with Crippen LogP contribution in [0.4, 0.5) is 0 Å². The van der Waals surface area contributed by atoms with Crippen LogP contribution in [-0.4, -0.2) is 17.4 Å². The molecule has 1 aromatic rings. The van der Waals surface area contributed by atoms with E-state index in [0.29, 0.717) is 5.56 Å². The van der Waals surface area contributed by atoms with E-state index in [1.807, 2.05) is 0 Å². The first-order valence-corrected chi connectivity index (χ1v) is 4.40. The van der Waals surface area contributed by atoms with Gasteiger partial charge in [-0.05, 0) is 24.3 Å². The smallest absolute Gasteiger partial charge is 0.341 e. The van der Waals surface area contributed by atoms with Crippen LogP contribution in [0.15, 0.2) is 37.1 Å². The molecule has 4 heteroatoms. The van der Waals surface area contributed by atoms with Crippen molar-refractivity contribution in [2.75, 3.05) is 0 Å². The van der Waals surface area contributed by atoms with E-state index in [4.69, 9.17) is 14.6 Å². The molecule has 0 saturated carbocycles. The predicted molar refractivity (Wildman–Crippen MR) is 54.3 cm³/mol. The maximum Gasteiger partial charge on any atom is 0.341 e. The zero-order valence-electron chi connectivity index (χ0n) is 8.34. The molecule has 0 aliphatic heterocycles. The number of benzene rings is 1. The van der Waals surface area contributed by atoms with E-state index in [-0.39, 0.29) is 5.75 Å². The van der Waals surface area contributed by atoms with Crippen molar-refractivity contribution >= 4 is 5.97 Å². The van der Waals surface area contributed by atoms with Gasteiger partial charge in [0.15, 0.2) is 0 Å². The van der Waals surface area contributed by atoms with Gasteiger partial charge in [-0.2, -0.15) is 0 Å². The molecule has 0 aliphatic carbocycles. The van der Waals surface area contributed by atoms with E-state index in [1.165, 1.54) is 30.5 Å². The third kappa shape index (κ3) is 3.34. The molecule has 1 rings (SSSR count). The molecule has 1 aromatic carbocycles. The molecule has 0 fully saturated rings. The van der Waals surface area contributed by atoms with Crippen LogP contribution in [0.5, 0.6) is 5.75 Å². The number of rotatable bonds is 4. The van der Waals surface area contributed by atoms with Gasteiger partial charge in [-0.3, -0.25) is 0 Å².